The smallest absolute Gasteiger partial charge is 0.129 e. The first-order valence-electron chi connectivity index (χ1n) is 5.33. The van der Waals surface area contributed by atoms with E-state index in [0.29, 0.717) is 25.2 Å². The van der Waals surface area contributed by atoms with Crippen LogP contribution in [0.1, 0.15) is 19.4 Å². The van der Waals surface area contributed by atoms with Gasteiger partial charge in [0, 0.05) is 31.1 Å². The molecule has 1 aromatic carbocycles. The maximum absolute atomic E-state index is 13.6. The van der Waals surface area contributed by atoms with Crippen LogP contribution in [-0.4, -0.2) is 19.6 Å². The van der Waals surface area contributed by atoms with E-state index < -0.39 is 11.6 Å². The minimum absolute atomic E-state index is 0.382. The lowest BCUT2D eigenvalue weighted by atomic mass is 9.84. The number of hydrogen-bond donors (Lipinski definition) is 2. The minimum atomic E-state index is -0.549. The number of nitrogens with two attached hydrogens (primary N) is 1. The third-order valence-electron chi connectivity index (χ3n) is 2.55. The summed E-state index contributed by atoms with van der Waals surface area (Å²) in [6, 6.07) is 3.69. The van der Waals surface area contributed by atoms with Crippen LogP contribution in [0.3, 0.4) is 0 Å². The van der Waals surface area contributed by atoms with Crippen LogP contribution in [0.15, 0.2) is 18.2 Å². The fourth-order valence-electron chi connectivity index (χ4n) is 1.64. The van der Waals surface area contributed by atoms with Gasteiger partial charge >= 0.3 is 0 Å². The number of nitrogens with one attached hydrogen (secondary N) is 1. The highest BCUT2D eigenvalue weighted by Crippen LogP contribution is 2.25. The molecule has 0 aromatic heterocycles. The Bertz CT molecular complexity index is 351. The lowest BCUT2D eigenvalue weighted by Crippen LogP contribution is -2.36. The van der Waals surface area contributed by atoms with Crippen molar-refractivity contribution in [3.63, 3.8) is 0 Å². The molecule has 0 aliphatic rings. The van der Waals surface area contributed by atoms with E-state index in [1.165, 1.54) is 12.1 Å². The van der Waals surface area contributed by atoms with Gasteiger partial charge in [-0.05, 0) is 11.6 Å². The van der Waals surface area contributed by atoms with Crippen LogP contribution in [0, 0.1) is 11.6 Å². The predicted molar refractivity (Wildman–Crippen MR) is 61.3 cm³/mol. The topological polar surface area (TPSA) is 38.0 Å². The van der Waals surface area contributed by atoms with Crippen molar-refractivity contribution < 1.29 is 8.78 Å². The quantitative estimate of drug-likeness (QED) is 0.754. The van der Waals surface area contributed by atoms with Crippen LogP contribution in [0.2, 0.25) is 0 Å². The van der Waals surface area contributed by atoms with Crippen LogP contribution in [0.5, 0.6) is 0 Å². The Morgan fingerprint density at radius 2 is 2.00 bits per heavy atom. The molecule has 16 heavy (non-hydrogen) atoms. The van der Waals surface area contributed by atoms with Crippen molar-refractivity contribution in [2.45, 2.75) is 19.3 Å². The van der Waals surface area contributed by atoms with Crippen LogP contribution in [0.25, 0.3) is 0 Å². The van der Waals surface area contributed by atoms with Crippen molar-refractivity contribution in [2.75, 3.05) is 19.6 Å². The van der Waals surface area contributed by atoms with Crippen LogP contribution >= 0.6 is 0 Å². The number of benzene rings is 1. The summed E-state index contributed by atoms with van der Waals surface area (Å²) < 4.78 is 26.3. The van der Waals surface area contributed by atoms with Crippen LogP contribution in [-0.2, 0) is 5.41 Å². The first-order chi connectivity index (χ1) is 7.47. The first-order valence-corrected chi connectivity index (χ1v) is 5.33. The second-order valence-electron chi connectivity index (χ2n) is 4.47. The maximum Gasteiger partial charge on any atom is 0.129 e. The monoisotopic (exact) mass is 228 g/mol. The predicted octanol–water partition coefficient (Wildman–Crippen LogP) is 1.79. The molecule has 0 amide bonds. The molecule has 3 N–H and O–H groups in total. The molecular formula is C12H18F2N2. The molecule has 90 valence electrons. The van der Waals surface area contributed by atoms with Gasteiger partial charge < -0.3 is 11.1 Å². The van der Waals surface area contributed by atoms with E-state index in [1.807, 2.05) is 13.8 Å². The first kappa shape index (κ1) is 13.1. The van der Waals surface area contributed by atoms with Gasteiger partial charge in [0.2, 0.25) is 0 Å². The van der Waals surface area contributed by atoms with Crippen molar-refractivity contribution >= 4 is 0 Å². The molecule has 0 unspecified atom stereocenters. The van der Waals surface area contributed by atoms with Gasteiger partial charge in [0.05, 0.1) is 0 Å². The number of hydrogen-bond acceptors (Lipinski definition) is 2. The molecule has 0 saturated carbocycles. The zero-order valence-electron chi connectivity index (χ0n) is 9.69. The Hall–Kier alpha value is -1.00. The third kappa shape index (κ3) is 3.25. The SMILES string of the molecule is CC(C)(CNCCN)c1ccc(F)cc1F. The molecule has 0 fully saturated rings. The zero-order chi connectivity index (χ0) is 12.2. The molecule has 1 rings (SSSR count). The lowest BCUT2D eigenvalue weighted by molar-refractivity contribution is 0.444. The normalized spacial score (nSPS) is 11.8. The summed E-state index contributed by atoms with van der Waals surface area (Å²) in [5.41, 5.74) is 5.49. The molecule has 0 atom stereocenters. The summed E-state index contributed by atoms with van der Waals surface area (Å²) in [6.45, 7) is 5.65. The molecule has 0 heterocycles. The van der Waals surface area contributed by atoms with Crippen molar-refractivity contribution in [3.05, 3.63) is 35.4 Å². The largest absolute Gasteiger partial charge is 0.329 e. The van der Waals surface area contributed by atoms with Gasteiger partial charge in [-0.3, -0.25) is 0 Å². The second kappa shape index (κ2) is 5.37. The third-order valence-corrected chi connectivity index (χ3v) is 2.55. The van der Waals surface area contributed by atoms with Gasteiger partial charge in [0.25, 0.3) is 0 Å². The highest BCUT2D eigenvalue weighted by molar-refractivity contribution is 5.26. The molecule has 0 spiro atoms. The molecular weight excluding hydrogens is 210 g/mol. The van der Waals surface area contributed by atoms with Crippen LogP contribution in [0.4, 0.5) is 8.78 Å². The summed E-state index contributed by atoms with van der Waals surface area (Å²) in [5.74, 6) is -1.05. The molecule has 2 nitrogen and oxygen atoms in total. The summed E-state index contributed by atoms with van der Waals surface area (Å²) in [7, 11) is 0. The van der Waals surface area contributed by atoms with Crippen molar-refractivity contribution in [2.24, 2.45) is 5.73 Å². The Morgan fingerprint density at radius 3 is 2.56 bits per heavy atom. The fourth-order valence-corrected chi connectivity index (χ4v) is 1.64. The Kier molecular flexibility index (Phi) is 4.38. The van der Waals surface area contributed by atoms with E-state index in [4.69, 9.17) is 5.73 Å². The van der Waals surface area contributed by atoms with E-state index >= 15 is 0 Å². The molecule has 0 aliphatic heterocycles. The van der Waals surface area contributed by atoms with Gasteiger partial charge in [-0.2, -0.15) is 0 Å². The Labute approximate surface area is 94.8 Å². The van der Waals surface area contributed by atoms with Gasteiger partial charge in [0.1, 0.15) is 11.6 Å². The average molecular weight is 228 g/mol. The van der Waals surface area contributed by atoms with Gasteiger partial charge in [-0.15, -0.1) is 0 Å². The van der Waals surface area contributed by atoms with E-state index in [-0.39, 0.29) is 5.41 Å². The van der Waals surface area contributed by atoms with E-state index in [1.54, 1.807) is 0 Å². The summed E-state index contributed by atoms with van der Waals surface area (Å²) >= 11 is 0. The molecule has 0 radical (unpaired) electrons. The lowest BCUT2D eigenvalue weighted by Gasteiger charge is -2.26. The summed E-state index contributed by atoms with van der Waals surface area (Å²) in [5, 5.41) is 3.13. The summed E-state index contributed by atoms with van der Waals surface area (Å²) in [4.78, 5) is 0. The fraction of sp³-hybridized carbons (Fsp3) is 0.500. The van der Waals surface area contributed by atoms with Crippen LogP contribution < -0.4 is 11.1 Å². The number of rotatable bonds is 5. The van der Waals surface area contributed by atoms with E-state index in [0.717, 1.165) is 6.07 Å². The molecule has 4 heteroatoms. The molecule has 0 bridgehead atoms. The second-order valence-corrected chi connectivity index (χ2v) is 4.47. The highest BCUT2D eigenvalue weighted by Gasteiger charge is 2.23. The zero-order valence-corrected chi connectivity index (χ0v) is 9.69. The molecule has 1 aromatic rings. The highest BCUT2D eigenvalue weighted by atomic mass is 19.1. The number of halogens is 2. The van der Waals surface area contributed by atoms with E-state index in [2.05, 4.69) is 5.32 Å². The van der Waals surface area contributed by atoms with Crippen molar-refractivity contribution in [1.29, 1.82) is 0 Å². The molecule has 0 aliphatic carbocycles. The van der Waals surface area contributed by atoms with E-state index in [9.17, 15) is 8.78 Å². The Balaban J connectivity index is 2.80. The van der Waals surface area contributed by atoms with Gasteiger partial charge in [-0.1, -0.05) is 19.9 Å². The minimum Gasteiger partial charge on any atom is -0.329 e. The van der Waals surface area contributed by atoms with Gasteiger partial charge in [-0.25, -0.2) is 8.78 Å². The maximum atomic E-state index is 13.6. The van der Waals surface area contributed by atoms with Gasteiger partial charge in [0.15, 0.2) is 0 Å². The summed E-state index contributed by atoms with van der Waals surface area (Å²) in [6.07, 6.45) is 0. The Morgan fingerprint density at radius 1 is 1.31 bits per heavy atom. The molecule has 0 saturated heterocycles. The average Bonchev–Trinajstić information content (AvgIpc) is 2.17. The van der Waals surface area contributed by atoms with Crippen molar-refractivity contribution in [1.82, 2.24) is 5.32 Å². The standard InChI is InChI=1S/C12H18F2N2/c1-12(2,8-16-6-5-15)10-4-3-9(13)7-11(10)14/h3-4,7,16H,5-6,8,15H2,1-2H3. The van der Waals surface area contributed by atoms with Crippen molar-refractivity contribution in [3.8, 4) is 0 Å².